The minimum absolute atomic E-state index is 0.418. The maximum absolute atomic E-state index is 3.55. The molecule has 0 bridgehead atoms. The average Bonchev–Trinajstić information content (AvgIpc) is 2.45. The van der Waals surface area contributed by atoms with E-state index in [1.165, 1.54) is 17.7 Å². The third-order valence-corrected chi connectivity index (χ3v) is 5.03. The number of hydrogen-bond acceptors (Lipinski definition) is 3. The molecule has 114 valence electrons. The van der Waals surface area contributed by atoms with Crippen molar-refractivity contribution < 1.29 is 0 Å². The molecule has 0 saturated carbocycles. The number of nitrogens with zero attached hydrogens (tertiary/aromatic N) is 1. The van der Waals surface area contributed by atoms with E-state index in [1.54, 1.807) is 0 Å². The highest BCUT2D eigenvalue weighted by molar-refractivity contribution is 9.10. The van der Waals surface area contributed by atoms with Gasteiger partial charge < -0.3 is 10.2 Å². The second kappa shape index (κ2) is 9.82. The molecule has 1 aromatic rings. The molecule has 20 heavy (non-hydrogen) atoms. The molecule has 0 heterocycles. The summed E-state index contributed by atoms with van der Waals surface area (Å²) in [6, 6.07) is 9.70. The third kappa shape index (κ3) is 5.76. The van der Waals surface area contributed by atoms with Crippen molar-refractivity contribution in [3.63, 3.8) is 0 Å². The lowest BCUT2D eigenvalue weighted by Gasteiger charge is -2.28. The van der Waals surface area contributed by atoms with Crippen LogP contribution in [0.1, 0.15) is 31.4 Å². The normalized spacial score (nSPS) is 14.5. The summed E-state index contributed by atoms with van der Waals surface area (Å²) >= 11 is 5.49. The van der Waals surface area contributed by atoms with Crippen LogP contribution in [-0.2, 0) is 0 Å². The molecule has 0 fully saturated rings. The standard InChI is InChI=1S/C16H27BrN2S/c1-5-15(12-20-4)19(3)10-9-16(18-2)13-7-6-8-14(17)11-13/h6-8,11,15-16,18H,5,9-10,12H2,1-4H3. The number of nitrogens with one attached hydrogen (secondary N) is 1. The Hall–Kier alpha value is -0.0300. The van der Waals surface area contributed by atoms with Crippen LogP contribution in [0.4, 0.5) is 0 Å². The summed E-state index contributed by atoms with van der Waals surface area (Å²) in [6.07, 6.45) is 4.54. The van der Waals surface area contributed by atoms with Gasteiger partial charge in [-0.05, 0) is 57.4 Å². The molecule has 0 spiro atoms. The van der Waals surface area contributed by atoms with Gasteiger partial charge in [0, 0.05) is 22.3 Å². The lowest BCUT2D eigenvalue weighted by Crippen LogP contribution is -2.35. The zero-order chi connectivity index (χ0) is 15.0. The second-order valence-corrected chi connectivity index (χ2v) is 7.01. The molecule has 2 nitrogen and oxygen atoms in total. The number of rotatable bonds is 9. The van der Waals surface area contributed by atoms with Gasteiger partial charge in [-0.15, -0.1) is 0 Å². The smallest absolute Gasteiger partial charge is 0.0330 e. The monoisotopic (exact) mass is 358 g/mol. The largest absolute Gasteiger partial charge is 0.313 e. The second-order valence-electron chi connectivity index (χ2n) is 5.18. The van der Waals surface area contributed by atoms with Crippen molar-refractivity contribution in [2.24, 2.45) is 0 Å². The molecule has 1 rings (SSSR count). The summed E-state index contributed by atoms with van der Waals surface area (Å²) in [6.45, 7) is 3.40. The first-order valence-electron chi connectivity index (χ1n) is 7.24. The van der Waals surface area contributed by atoms with E-state index >= 15 is 0 Å². The Morgan fingerprint density at radius 2 is 2.15 bits per heavy atom. The predicted octanol–water partition coefficient (Wildman–Crippen LogP) is 4.17. The molecule has 0 saturated heterocycles. The molecule has 0 aromatic heterocycles. The molecule has 0 aliphatic carbocycles. The zero-order valence-corrected chi connectivity index (χ0v) is 15.4. The molecule has 2 atom stereocenters. The van der Waals surface area contributed by atoms with Crippen LogP contribution in [-0.4, -0.2) is 43.6 Å². The molecule has 2 unspecified atom stereocenters. The molecule has 0 amide bonds. The number of thioether (sulfide) groups is 1. The van der Waals surface area contributed by atoms with E-state index in [-0.39, 0.29) is 0 Å². The summed E-state index contributed by atoms with van der Waals surface area (Å²) in [4.78, 5) is 2.50. The van der Waals surface area contributed by atoms with E-state index in [1.807, 2.05) is 18.8 Å². The SMILES string of the molecule is CCC(CSC)N(C)CCC(NC)c1cccc(Br)c1. The van der Waals surface area contributed by atoms with E-state index in [9.17, 15) is 0 Å². The van der Waals surface area contributed by atoms with Crippen molar-refractivity contribution in [3.05, 3.63) is 34.3 Å². The Kier molecular flexibility index (Phi) is 8.85. The van der Waals surface area contributed by atoms with Gasteiger partial charge in [0.1, 0.15) is 0 Å². The highest BCUT2D eigenvalue weighted by Gasteiger charge is 2.15. The summed E-state index contributed by atoms with van der Waals surface area (Å²) in [5.74, 6) is 1.22. The van der Waals surface area contributed by atoms with Gasteiger partial charge >= 0.3 is 0 Å². The molecule has 1 N–H and O–H groups in total. The fraction of sp³-hybridized carbons (Fsp3) is 0.625. The first-order valence-corrected chi connectivity index (χ1v) is 9.42. The molecule has 0 radical (unpaired) electrons. The fourth-order valence-electron chi connectivity index (χ4n) is 2.47. The van der Waals surface area contributed by atoms with E-state index in [0.717, 1.165) is 17.4 Å². The number of halogens is 1. The van der Waals surface area contributed by atoms with E-state index in [4.69, 9.17) is 0 Å². The predicted molar refractivity (Wildman–Crippen MR) is 95.7 cm³/mol. The van der Waals surface area contributed by atoms with Gasteiger partial charge in [-0.2, -0.15) is 11.8 Å². The maximum Gasteiger partial charge on any atom is 0.0330 e. The number of benzene rings is 1. The maximum atomic E-state index is 3.55. The van der Waals surface area contributed by atoms with Crippen molar-refractivity contribution in [1.82, 2.24) is 10.2 Å². The van der Waals surface area contributed by atoms with Crippen LogP contribution in [0, 0.1) is 0 Å². The van der Waals surface area contributed by atoms with Crippen molar-refractivity contribution in [2.45, 2.75) is 31.8 Å². The Bertz CT molecular complexity index is 386. The molecule has 4 heteroatoms. The quantitative estimate of drug-likeness (QED) is 0.712. The number of hydrogen-bond donors (Lipinski definition) is 1. The van der Waals surface area contributed by atoms with Crippen LogP contribution in [0.3, 0.4) is 0 Å². The van der Waals surface area contributed by atoms with Gasteiger partial charge in [0.25, 0.3) is 0 Å². The molecule has 0 aliphatic heterocycles. The third-order valence-electron chi connectivity index (χ3n) is 3.82. The van der Waals surface area contributed by atoms with Crippen LogP contribution >= 0.6 is 27.7 Å². The first-order chi connectivity index (χ1) is 9.62. The summed E-state index contributed by atoms with van der Waals surface area (Å²) in [7, 11) is 4.29. The van der Waals surface area contributed by atoms with Crippen molar-refractivity contribution in [3.8, 4) is 0 Å². The van der Waals surface area contributed by atoms with Crippen LogP contribution in [0.2, 0.25) is 0 Å². The van der Waals surface area contributed by atoms with Crippen molar-refractivity contribution in [2.75, 3.05) is 32.6 Å². The van der Waals surface area contributed by atoms with E-state index < -0.39 is 0 Å². The topological polar surface area (TPSA) is 15.3 Å². The minimum atomic E-state index is 0.418. The Balaban J connectivity index is 2.57. The summed E-state index contributed by atoms with van der Waals surface area (Å²) < 4.78 is 1.15. The van der Waals surface area contributed by atoms with Gasteiger partial charge in [-0.25, -0.2) is 0 Å². The highest BCUT2D eigenvalue weighted by Crippen LogP contribution is 2.21. The van der Waals surface area contributed by atoms with Gasteiger partial charge in [-0.3, -0.25) is 0 Å². The van der Waals surface area contributed by atoms with Gasteiger partial charge in [0.2, 0.25) is 0 Å². The zero-order valence-electron chi connectivity index (χ0n) is 13.0. The van der Waals surface area contributed by atoms with Gasteiger partial charge in [-0.1, -0.05) is 35.0 Å². The van der Waals surface area contributed by atoms with Gasteiger partial charge in [0.15, 0.2) is 0 Å². The highest BCUT2D eigenvalue weighted by atomic mass is 79.9. The Labute approximate surface area is 136 Å². The molecule has 0 aliphatic rings. The van der Waals surface area contributed by atoms with E-state index in [2.05, 4.69) is 70.6 Å². The average molecular weight is 359 g/mol. The Morgan fingerprint density at radius 1 is 1.40 bits per heavy atom. The summed E-state index contributed by atoms with van der Waals surface area (Å²) in [5.41, 5.74) is 1.35. The molecular weight excluding hydrogens is 332 g/mol. The minimum Gasteiger partial charge on any atom is -0.313 e. The van der Waals surface area contributed by atoms with Crippen LogP contribution in [0.15, 0.2) is 28.7 Å². The Morgan fingerprint density at radius 3 is 2.70 bits per heavy atom. The fourth-order valence-corrected chi connectivity index (χ4v) is 3.76. The first kappa shape index (κ1) is 18.0. The molecular formula is C16H27BrN2S. The van der Waals surface area contributed by atoms with Crippen LogP contribution in [0.5, 0.6) is 0 Å². The lowest BCUT2D eigenvalue weighted by molar-refractivity contribution is 0.242. The van der Waals surface area contributed by atoms with Gasteiger partial charge in [0.05, 0.1) is 0 Å². The summed E-state index contributed by atoms with van der Waals surface area (Å²) in [5, 5.41) is 3.44. The van der Waals surface area contributed by atoms with Crippen LogP contribution < -0.4 is 5.32 Å². The van der Waals surface area contributed by atoms with Crippen molar-refractivity contribution in [1.29, 1.82) is 0 Å². The van der Waals surface area contributed by atoms with Crippen LogP contribution in [0.25, 0.3) is 0 Å². The van der Waals surface area contributed by atoms with E-state index in [0.29, 0.717) is 12.1 Å². The lowest BCUT2D eigenvalue weighted by atomic mass is 10.0. The molecule has 1 aromatic carbocycles. The van der Waals surface area contributed by atoms with Crippen molar-refractivity contribution >= 4 is 27.7 Å².